The summed E-state index contributed by atoms with van der Waals surface area (Å²) in [6, 6.07) is 3.51. The van der Waals surface area contributed by atoms with Gasteiger partial charge >= 0.3 is 5.70 Å². The molecule has 1 saturated heterocycles. The molecule has 6 nitrogen and oxygen atoms in total. The SMILES string of the molecule is CC(/C(C#N)=C(\C)N1CCCC1)=C(\C#N)[N+](=O)[O-]. The zero-order chi connectivity index (χ0) is 13.7. The predicted molar refractivity (Wildman–Crippen MR) is 64.4 cm³/mol. The van der Waals surface area contributed by atoms with Crippen LogP contribution in [0.1, 0.15) is 26.7 Å². The third-order valence-electron chi connectivity index (χ3n) is 3.07. The van der Waals surface area contributed by atoms with Gasteiger partial charge in [-0.3, -0.25) is 10.1 Å². The zero-order valence-corrected chi connectivity index (χ0v) is 10.4. The summed E-state index contributed by atoms with van der Waals surface area (Å²) in [7, 11) is 0. The highest BCUT2D eigenvalue weighted by molar-refractivity contribution is 5.47. The number of nitriles is 2. The summed E-state index contributed by atoms with van der Waals surface area (Å²) in [6.45, 7) is 4.91. The Morgan fingerprint density at radius 2 is 1.78 bits per heavy atom. The summed E-state index contributed by atoms with van der Waals surface area (Å²) in [6.07, 6.45) is 2.11. The van der Waals surface area contributed by atoms with Crippen molar-refractivity contribution in [1.82, 2.24) is 4.90 Å². The molecule has 0 aliphatic carbocycles. The van der Waals surface area contributed by atoms with E-state index in [1.54, 1.807) is 6.92 Å². The monoisotopic (exact) mass is 246 g/mol. The number of nitro groups is 1. The summed E-state index contributed by atoms with van der Waals surface area (Å²) in [5.74, 6) is 0. The van der Waals surface area contributed by atoms with Crippen molar-refractivity contribution in [2.24, 2.45) is 0 Å². The minimum absolute atomic E-state index is 0.134. The Kier molecular flexibility index (Phi) is 4.45. The maximum atomic E-state index is 10.7. The first-order chi connectivity index (χ1) is 8.52. The lowest BCUT2D eigenvalue weighted by atomic mass is 10.0. The van der Waals surface area contributed by atoms with Crippen LogP contribution in [0, 0.1) is 32.8 Å². The summed E-state index contributed by atoms with van der Waals surface area (Å²) in [4.78, 5) is 12.0. The van der Waals surface area contributed by atoms with Crippen LogP contribution in [0.2, 0.25) is 0 Å². The number of rotatable bonds is 3. The highest BCUT2D eigenvalue weighted by atomic mass is 16.6. The zero-order valence-electron chi connectivity index (χ0n) is 10.4. The minimum atomic E-state index is -0.746. The molecule has 94 valence electrons. The molecule has 0 saturated carbocycles. The molecule has 0 bridgehead atoms. The van der Waals surface area contributed by atoms with Gasteiger partial charge in [0.2, 0.25) is 0 Å². The molecule has 1 rings (SSSR count). The van der Waals surface area contributed by atoms with Crippen LogP contribution in [-0.2, 0) is 0 Å². The second-order valence-electron chi connectivity index (χ2n) is 4.11. The van der Waals surface area contributed by atoms with Gasteiger partial charge in [0.1, 0.15) is 6.07 Å². The molecule has 1 heterocycles. The first-order valence-electron chi connectivity index (χ1n) is 5.64. The van der Waals surface area contributed by atoms with Crippen LogP contribution in [-0.4, -0.2) is 22.9 Å². The Balaban J connectivity index is 3.26. The molecule has 0 radical (unpaired) electrons. The van der Waals surface area contributed by atoms with E-state index in [2.05, 4.69) is 0 Å². The van der Waals surface area contributed by atoms with E-state index in [-0.39, 0.29) is 11.1 Å². The average molecular weight is 246 g/mol. The Morgan fingerprint density at radius 1 is 1.22 bits per heavy atom. The fourth-order valence-electron chi connectivity index (χ4n) is 2.03. The van der Waals surface area contributed by atoms with Crippen molar-refractivity contribution < 1.29 is 4.92 Å². The molecule has 0 atom stereocenters. The summed E-state index contributed by atoms with van der Waals surface area (Å²) in [5, 5.41) is 28.6. The van der Waals surface area contributed by atoms with Crippen LogP contribution in [0.25, 0.3) is 0 Å². The lowest BCUT2D eigenvalue weighted by Crippen LogP contribution is -2.18. The van der Waals surface area contributed by atoms with Crippen molar-refractivity contribution in [1.29, 1.82) is 10.5 Å². The van der Waals surface area contributed by atoms with Crippen molar-refractivity contribution in [3.05, 3.63) is 32.7 Å². The van der Waals surface area contributed by atoms with E-state index >= 15 is 0 Å². The summed E-state index contributed by atoms with van der Waals surface area (Å²) in [5.41, 5.74) is 0.506. The average Bonchev–Trinajstić information content (AvgIpc) is 2.83. The van der Waals surface area contributed by atoms with Crippen LogP contribution in [0.3, 0.4) is 0 Å². The van der Waals surface area contributed by atoms with Gasteiger partial charge in [-0.25, -0.2) is 0 Å². The maximum absolute atomic E-state index is 10.7. The van der Waals surface area contributed by atoms with Crippen molar-refractivity contribution >= 4 is 0 Å². The van der Waals surface area contributed by atoms with Gasteiger partial charge < -0.3 is 4.90 Å². The van der Waals surface area contributed by atoms with E-state index in [0.29, 0.717) is 5.70 Å². The molecule has 1 aliphatic rings. The Morgan fingerprint density at radius 3 is 2.17 bits per heavy atom. The molecule has 18 heavy (non-hydrogen) atoms. The highest BCUT2D eigenvalue weighted by Crippen LogP contribution is 2.23. The van der Waals surface area contributed by atoms with Crippen LogP contribution >= 0.6 is 0 Å². The third kappa shape index (κ3) is 2.67. The van der Waals surface area contributed by atoms with Gasteiger partial charge in [-0.2, -0.15) is 10.5 Å². The molecule has 0 N–H and O–H groups in total. The van der Waals surface area contributed by atoms with Gasteiger partial charge in [-0.05, 0) is 26.7 Å². The van der Waals surface area contributed by atoms with E-state index < -0.39 is 10.6 Å². The molecular formula is C12H14N4O2. The Hall–Kier alpha value is -2.34. The van der Waals surface area contributed by atoms with Crippen LogP contribution in [0.4, 0.5) is 0 Å². The first kappa shape index (κ1) is 13.7. The lowest BCUT2D eigenvalue weighted by molar-refractivity contribution is -0.418. The molecule has 0 amide bonds. The fourth-order valence-corrected chi connectivity index (χ4v) is 2.03. The second kappa shape index (κ2) is 5.83. The molecule has 0 spiro atoms. The Bertz CT molecular complexity index is 499. The first-order valence-corrected chi connectivity index (χ1v) is 5.64. The fraction of sp³-hybridized carbons (Fsp3) is 0.500. The van der Waals surface area contributed by atoms with Gasteiger partial charge in [-0.1, -0.05) is 0 Å². The van der Waals surface area contributed by atoms with Gasteiger partial charge in [0, 0.05) is 18.8 Å². The minimum Gasteiger partial charge on any atom is -0.374 e. The smallest absolute Gasteiger partial charge is 0.349 e. The van der Waals surface area contributed by atoms with Gasteiger partial charge in [0.05, 0.1) is 16.1 Å². The third-order valence-corrected chi connectivity index (χ3v) is 3.07. The van der Waals surface area contributed by atoms with E-state index in [1.807, 2.05) is 11.0 Å². The molecule has 6 heteroatoms. The molecule has 1 aliphatic heterocycles. The second-order valence-corrected chi connectivity index (χ2v) is 4.11. The summed E-state index contributed by atoms with van der Waals surface area (Å²) >= 11 is 0. The molecule has 0 aromatic carbocycles. The van der Waals surface area contributed by atoms with E-state index in [0.717, 1.165) is 25.9 Å². The standard InChI is InChI=1S/C12H14N4O2/c1-9(12(8-14)16(17)18)11(7-13)10(2)15-5-3-4-6-15/h3-6H2,1-2H3/b11-10+,12-9-. The van der Waals surface area contributed by atoms with Crippen molar-refractivity contribution in [2.75, 3.05) is 13.1 Å². The number of allylic oxidation sites excluding steroid dienone is 4. The van der Waals surface area contributed by atoms with Crippen LogP contribution in [0.5, 0.6) is 0 Å². The lowest BCUT2D eigenvalue weighted by Gasteiger charge is -2.19. The number of nitrogens with zero attached hydrogens (tertiary/aromatic N) is 4. The molecule has 1 fully saturated rings. The summed E-state index contributed by atoms with van der Waals surface area (Å²) < 4.78 is 0. The predicted octanol–water partition coefficient (Wildman–Crippen LogP) is 1.95. The van der Waals surface area contributed by atoms with Gasteiger partial charge in [0.15, 0.2) is 6.07 Å². The van der Waals surface area contributed by atoms with E-state index in [1.165, 1.54) is 13.0 Å². The number of hydrogen-bond acceptors (Lipinski definition) is 5. The number of likely N-dealkylation sites (tertiary alicyclic amines) is 1. The van der Waals surface area contributed by atoms with Gasteiger partial charge in [0.25, 0.3) is 0 Å². The molecule has 0 aromatic rings. The largest absolute Gasteiger partial charge is 0.374 e. The normalized spacial score (nSPS) is 17.4. The molecular weight excluding hydrogens is 232 g/mol. The maximum Gasteiger partial charge on any atom is 0.349 e. The topological polar surface area (TPSA) is 94.0 Å². The van der Waals surface area contributed by atoms with Crippen molar-refractivity contribution in [2.45, 2.75) is 26.7 Å². The van der Waals surface area contributed by atoms with Gasteiger partial charge in [-0.15, -0.1) is 0 Å². The highest BCUT2D eigenvalue weighted by Gasteiger charge is 2.22. The van der Waals surface area contributed by atoms with E-state index in [4.69, 9.17) is 10.5 Å². The molecule has 0 unspecified atom stereocenters. The van der Waals surface area contributed by atoms with Crippen molar-refractivity contribution in [3.63, 3.8) is 0 Å². The van der Waals surface area contributed by atoms with Crippen LogP contribution < -0.4 is 0 Å². The Labute approximate surface area is 106 Å². The molecule has 0 aromatic heterocycles. The number of hydrogen-bond donors (Lipinski definition) is 0. The van der Waals surface area contributed by atoms with Crippen LogP contribution in [0.15, 0.2) is 22.5 Å². The quantitative estimate of drug-likeness (QED) is 0.328. The van der Waals surface area contributed by atoms with E-state index in [9.17, 15) is 10.1 Å². The van der Waals surface area contributed by atoms with Crippen molar-refractivity contribution in [3.8, 4) is 12.1 Å².